The van der Waals surface area contributed by atoms with Crippen LogP contribution in [0, 0.1) is 0 Å². The Balaban J connectivity index is 1.47. The SMILES string of the molecule is CCOc1cccc2c1CCC(N)(C(=O)O)C2C(=O)OCC1c2ccccc2-c2ccccc21. The number of carbonyl (C=O) groups is 2. The first-order chi connectivity index (χ1) is 16.5. The van der Waals surface area contributed by atoms with Crippen molar-refractivity contribution >= 4 is 11.9 Å². The summed E-state index contributed by atoms with van der Waals surface area (Å²) >= 11 is 0. The van der Waals surface area contributed by atoms with Crippen LogP contribution in [0.2, 0.25) is 0 Å². The minimum Gasteiger partial charge on any atom is -0.494 e. The average Bonchev–Trinajstić information content (AvgIpc) is 3.16. The van der Waals surface area contributed by atoms with Crippen molar-refractivity contribution in [3.63, 3.8) is 0 Å². The van der Waals surface area contributed by atoms with Crippen molar-refractivity contribution in [1.29, 1.82) is 0 Å². The first-order valence-corrected chi connectivity index (χ1v) is 11.6. The summed E-state index contributed by atoms with van der Waals surface area (Å²) in [7, 11) is 0. The van der Waals surface area contributed by atoms with Gasteiger partial charge in [0.15, 0.2) is 0 Å². The van der Waals surface area contributed by atoms with E-state index in [1.54, 1.807) is 12.1 Å². The highest BCUT2D eigenvalue weighted by Gasteiger charge is 2.51. The second kappa shape index (κ2) is 8.61. The highest BCUT2D eigenvalue weighted by atomic mass is 16.5. The predicted molar refractivity (Wildman–Crippen MR) is 128 cm³/mol. The molecule has 0 radical (unpaired) electrons. The highest BCUT2D eigenvalue weighted by molar-refractivity contribution is 5.92. The molecule has 0 fully saturated rings. The second-order valence-electron chi connectivity index (χ2n) is 8.89. The highest BCUT2D eigenvalue weighted by Crippen LogP contribution is 2.46. The number of benzene rings is 3. The van der Waals surface area contributed by atoms with Gasteiger partial charge in [-0.05, 0) is 59.2 Å². The third-order valence-electron chi connectivity index (χ3n) is 7.07. The van der Waals surface area contributed by atoms with Gasteiger partial charge in [0, 0.05) is 5.92 Å². The smallest absolute Gasteiger partial charge is 0.324 e. The molecule has 3 N–H and O–H groups in total. The molecule has 6 nitrogen and oxygen atoms in total. The van der Waals surface area contributed by atoms with E-state index in [4.69, 9.17) is 15.2 Å². The number of hydrogen-bond donors (Lipinski definition) is 2. The number of nitrogens with two attached hydrogens (primary N) is 1. The molecule has 2 aliphatic rings. The lowest BCUT2D eigenvalue weighted by atomic mass is 9.69. The van der Waals surface area contributed by atoms with E-state index < -0.39 is 23.4 Å². The Morgan fingerprint density at radius 3 is 2.21 bits per heavy atom. The van der Waals surface area contributed by atoms with Crippen LogP contribution in [-0.4, -0.2) is 35.8 Å². The number of rotatable bonds is 6. The monoisotopic (exact) mass is 457 g/mol. The quantitative estimate of drug-likeness (QED) is 0.537. The molecule has 6 heteroatoms. The van der Waals surface area contributed by atoms with Crippen molar-refractivity contribution in [2.75, 3.05) is 13.2 Å². The Kier molecular flexibility index (Phi) is 5.62. The van der Waals surface area contributed by atoms with Crippen LogP contribution >= 0.6 is 0 Å². The molecule has 174 valence electrons. The summed E-state index contributed by atoms with van der Waals surface area (Å²) in [5, 5.41) is 9.99. The zero-order valence-corrected chi connectivity index (χ0v) is 19.0. The summed E-state index contributed by atoms with van der Waals surface area (Å²) in [5.74, 6) is -2.42. The summed E-state index contributed by atoms with van der Waals surface area (Å²) in [6.07, 6.45) is 0.537. The number of hydrogen-bond acceptors (Lipinski definition) is 5. The molecule has 0 aliphatic heterocycles. The molecule has 0 bridgehead atoms. The zero-order valence-electron chi connectivity index (χ0n) is 19.0. The van der Waals surface area contributed by atoms with E-state index in [0.29, 0.717) is 24.3 Å². The number of fused-ring (bicyclic) bond motifs is 4. The summed E-state index contributed by atoms with van der Waals surface area (Å²) in [6.45, 7) is 2.47. The van der Waals surface area contributed by atoms with Crippen LogP contribution in [0.5, 0.6) is 5.75 Å². The van der Waals surface area contributed by atoms with E-state index in [-0.39, 0.29) is 18.9 Å². The van der Waals surface area contributed by atoms with E-state index in [1.165, 1.54) is 0 Å². The van der Waals surface area contributed by atoms with Gasteiger partial charge in [-0.15, -0.1) is 0 Å². The molecule has 0 spiro atoms. The van der Waals surface area contributed by atoms with Crippen LogP contribution in [0.25, 0.3) is 11.1 Å². The number of ether oxygens (including phenoxy) is 2. The van der Waals surface area contributed by atoms with Crippen molar-refractivity contribution in [2.45, 2.75) is 37.1 Å². The van der Waals surface area contributed by atoms with Crippen molar-refractivity contribution < 1.29 is 24.2 Å². The van der Waals surface area contributed by atoms with Crippen LogP contribution in [0.15, 0.2) is 66.7 Å². The summed E-state index contributed by atoms with van der Waals surface area (Å²) in [5.41, 5.74) is 10.5. The lowest BCUT2D eigenvalue weighted by Crippen LogP contribution is -2.57. The third-order valence-corrected chi connectivity index (χ3v) is 7.07. The van der Waals surface area contributed by atoms with Gasteiger partial charge >= 0.3 is 11.9 Å². The van der Waals surface area contributed by atoms with Gasteiger partial charge in [-0.2, -0.15) is 0 Å². The fourth-order valence-electron chi connectivity index (χ4n) is 5.42. The predicted octanol–water partition coefficient (Wildman–Crippen LogP) is 4.25. The van der Waals surface area contributed by atoms with Gasteiger partial charge in [0.05, 0.1) is 6.61 Å². The fraction of sp³-hybridized carbons (Fsp3) is 0.286. The van der Waals surface area contributed by atoms with Gasteiger partial charge in [-0.3, -0.25) is 9.59 Å². The van der Waals surface area contributed by atoms with E-state index in [9.17, 15) is 14.7 Å². The second-order valence-corrected chi connectivity index (χ2v) is 8.89. The van der Waals surface area contributed by atoms with Crippen molar-refractivity contribution in [2.24, 2.45) is 5.73 Å². The maximum Gasteiger partial charge on any atom is 0.324 e. The fourth-order valence-corrected chi connectivity index (χ4v) is 5.42. The summed E-state index contributed by atoms with van der Waals surface area (Å²) in [6, 6.07) is 21.5. The van der Waals surface area contributed by atoms with Crippen LogP contribution in [0.1, 0.15) is 47.4 Å². The molecule has 2 aliphatic carbocycles. The average molecular weight is 458 g/mol. The molecule has 3 aromatic carbocycles. The maximum atomic E-state index is 13.5. The number of carboxylic acids is 1. The van der Waals surface area contributed by atoms with Gasteiger partial charge < -0.3 is 20.3 Å². The normalized spacial score (nSPS) is 20.7. The van der Waals surface area contributed by atoms with Crippen LogP contribution in [0.3, 0.4) is 0 Å². The molecule has 0 saturated carbocycles. The summed E-state index contributed by atoms with van der Waals surface area (Å²) in [4.78, 5) is 25.8. The first-order valence-electron chi connectivity index (χ1n) is 11.6. The van der Waals surface area contributed by atoms with E-state index in [1.807, 2.05) is 49.4 Å². The number of aliphatic carboxylic acids is 1. The molecule has 0 aromatic heterocycles. The van der Waals surface area contributed by atoms with Crippen molar-refractivity contribution in [3.8, 4) is 16.9 Å². The van der Waals surface area contributed by atoms with E-state index in [2.05, 4.69) is 12.1 Å². The summed E-state index contributed by atoms with van der Waals surface area (Å²) < 4.78 is 11.6. The van der Waals surface area contributed by atoms with Crippen molar-refractivity contribution in [1.82, 2.24) is 0 Å². The Labute approximate surface area is 198 Å². The maximum absolute atomic E-state index is 13.5. The zero-order chi connectivity index (χ0) is 23.9. The van der Waals surface area contributed by atoms with Gasteiger partial charge in [-0.1, -0.05) is 60.7 Å². The molecule has 2 atom stereocenters. The molecule has 3 aromatic rings. The molecule has 2 unspecified atom stereocenters. The molecule has 0 amide bonds. The molecule has 34 heavy (non-hydrogen) atoms. The number of carbonyl (C=O) groups excluding carboxylic acids is 1. The van der Waals surface area contributed by atoms with Gasteiger partial charge in [0.1, 0.15) is 23.8 Å². The van der Waals surface area contributed by atoms with Crippen LogP contribution in [0.4, 0.5) is 0 Å². The number of carboxylic acid groups (broad SMARTS) is 1. The lowest BCUT2D eigenvalue weighted by Gasteiger charge is -2.38. The topological polar surface area (TPSA) is 98.9 Å². The van der Waals surface area contributed by atoms with E-state index >= 15 is 0 Å². The van der Waals surface area contributed by atoms with Crippen LogP contribution in [-0.2, 0) is 20.7 Å². The molecular formula is C28H27NO5. The Morgan fingerprint density at radius 1 is 0.971 bits per heavy atom. The van der Waals surface area contributed by atoms with Gasteiger partial charge in [0.25, 0.3) is 0 Å². The lowest BCUT2D eigenvalue weighted by molar-refractivity contribution is -0.156. The first kappa shape index (κ1) is 22.2. The Morgan fingerprint density at radius 2 is 1.59 bits per heavy atom. The minimum atomic E-state index is -1.75. The van der Waals surface area contributed by atoms with Crippen LogP contribution < -0.4 is 10.5 Å². The molecule has 0 heterocycles. The van der Waals surface area contributed by atoms with Crippen molar-refractivity contribution in [3.05, 3.63) is 89.0 Å². The molecular weight excluding hydrogens is 430 g/mol. The standard InChI is InChI=1S/C28H27NO5/c1-2-33-24-13-7-12-22-21(24)14-15-28(29,27(31)32)25(22)26(30)34-16-23-19-10-5-3-8-17(19)18-9-4-6-11-20(18)23/h3-13,23,25H,2,14-16,29H2,1H3,(H,31,32). The van der Waals surface area contributed by atoms with Gasteiger partial charge in [0.2, 0.25) is 0 Å². The minimum absolute atomic E-state index is 0.111. The Hall–Kier alpha value is -3.64. The number of esters is 1. The van der Waals surface area contributed by atoms with E-state index in [0.717, 1.165) is 27.8 Å². The molecule has 5 rings (SSSR count). The third kappa shape index (κ3) is 3.46. The largest absolute Gasteiger partial charge is 0.494 e. The molecule has 0 saturated heterocycles. The van der Waals surface area contributed by atoms with Gasteiger partial charge in [-0.25, -0.2) is 0 Å². The Bertz CT molecular complexity index is 1220.